The largest absolute Gasteiger partial charge is 0.504 e. The summed E-state index contributed by atoms with van der Waals surface area (Å²) in [6.07, 6.45) is 3.77. The molecule has 1 N–H and O–H groups in total. The van der Waals surface area contributed by atoms with Crippen molar-refractivity contribution in [2.24, 2.45) is 16.2 Å². The summed E-state index contributed by atoms with van der Waals surface area (Å²) in [6, 6.07) is 0. The van der Waals surface area contributed by atoms with Gasteiger partial charge in [-0.05, 0) is 18.9 Å². The molecule has 1 unspecified atom stereocenters. The minimum atomic E-state index is -1.30. The fourth-order valence-electron chi connectivity index (χ4n) is 7.09. The minimum Gasteiger partial charge on any atom is -0.504 e. The van der Waals surface area contributed by atoms with Crippen LogP contribution in [-0.2, 0) is 33.4 Å². The van der Waals surface area contributed by atoms with Crippen molar-refractivity contribution in [2.45, 2.75) is 59.2 Å². The van der Waals surface area contributed by atoms with Gasteiger partial charge >= 0.3 is 11.9 Å². The molecule has 1 saturated heterocycles. The lowest BCUT2D eigenvalue weighted by Crippen LogP contribution is -2.59. The van der Waals surface area contributed by atoms with Crippen LogP contribution < -0.4 is 0 Å². The number of carbonyl (C=O) groups is 4. The molecule has 0 radical (unpaired) electrons. The van der Waals surface area contributed by atoms with Gasteiger partial charge < -0.3 is 24.2 Å². The molecule has 9 heteroatoms. The molecule has 39 heavy (non-hydrogen) atoms. The number of methoxy groups -OCH3 is 1. The first-order chi connectivity index (χ1) is 18.3. The average Bonchev–Trinajstić information content (AvgIpc) is 3.09. The van der Waals surface area contributed by atoms with Crippen LogP contribution in [0.15, 0.2) is 59.6 Å². The smallest absolute Gasteiger partial charge is 0.340 e. The molecule has 4 rings (SSSR count). The van der Waals surface area contributed by atoms with E-state index in [0.29, 0.717) is 25.1 Å². The van der Waals surface area contributed by atoms with Crippen LogP contribution in [-0.4, -0.2) is 72.5 Å². The average molecular weight is 540 g/mol. The third-order valence-electron chi connectivity index (χ3n) is 9.23. The van der Waals surface area contributed by atoms with Crippen LogP contribution in [0.25, 0.3) is 0 Å². The Hall–Kier alpha value is -3.46. The molecule has 1 heterocycles. The molecule has 0 aromatic carbocycles. The third kappa shape index (κ3) is 4.01. The summed E-state index contributed by atoms with van der Waals surface area (Å²) in [5.41, 5.74) is -2.40. The first-order valence-electron chi connectivity index (χ1n) is 13.1. The van der Waals surface area contributed by atoms with Gasteiger partial charge in [0.1, 0.15) is 18.0 Å². The van der Waals surface area contributed by atoms with Crippen molar-refractivity contribution >= 4 is 23.5 Å². The maximum absolute atomic E-state index is 14.2. The van der Waals surface area contributed by atoms with Crippen molar-refractivity contribution in [3.63, 3.8) is 0 Å². The van der Waals surface area contributed by atoms with Gasteiger partial charge in [-0.3, -0.25) is 14.4 Å². The van der Waals surface area contributed by atoms with E-state index in [4.69, 9.17) is 14.2 Å². The predicted octanol–water partition coefficient (Wildman–Crippen LogP) is 3.52. The van der Waals surface area contributed by atoms with Crippen molar-refractivity contribution < 1.29 is 38.5 Å². The van der Waals surface area contributed by atoms with Crippen LogP contribution in [0.4, 0.5) is 0 Å². The number of cyclic esters (lactones) is 1. The number of ether oxygens (including phenoxy) is 3. The number of aliphatic hydroxyl groups excluding tert-OH is 1. The van der Waals surface area contributed by atoms with E-state index < -0.39 is 51.9 Å². The highest BCUT2D eigenvalue weighted by Crippen LogP contribution is 2.67. The number of hydrogen-bond acceptors (Lipinski definition) is 9. The zero-order valence-corrected chi connectivity index (χ0v) is 23.3. The highest BCUT2D eigenvalue weighted by molar-refractivity contribution is 6.14. The maximum atomic E-state index is 14.2. The maximum Gasteiger partial charge on any atom is 0.340 e. The van der Waals surface area contributed by atoms with Gasteiger partial charge in [0.05, 0.1) is 17.6 Å². The molecule has 210 valence electrons. The van der Waals surface area contributed by atoms with Crippen molar-refractivity contribution in [3.8, 4) is 0 Å². The molecule has 4 aliphatic rings. The Balaban J connectivity index is 2.06. The Morgan fingerprint density at radius 1 is 1.13 bits per heavy atom. The highest BCUT2D eigenvalue weighted by Gasteiger charge is 2.68. The Kier molecular flexibility index (Phi) is 7.27. The van der Waals surface area contributed by atoms with Gasteiger partial charge in [0.25, 0.3) is 0 Å². The lowest BCUT2D eigenvalue weighted by molar-refractivity contribution is -0.161. The number of allylic oxidation sites excluding steroid dienone is 1. The Morgan fingerprint density at radius 3 is 2.33 bits per heavy atom. The monoisotopic (exact) mass is 539 g/mol. The molecular weight excluding hydrogens is 502 g/mol. The molecule has 1 saturated carbocycles. The van der Waals surface area contributed by atoms with E-state index in [1.165, 1.54) is 20.2 Å². The molecule has 3 aliphatic carbocycles. The topological polar surface area (TPSA) is 119 Å². The summed E-state index contributed by atoms with van der Waals surface area (Å²) in [5, 5.41) is 11.6. The zero-order chi connectivity index (χ0) is 28.9. The number of aliphatic hydroxyl groups is 1. The van der Waals surface area contributed by atoms with Crippen molar-refractivity contribution in [3.05, 3.63) is 59.6 Å². The quantitative estimate of drug-likeness (QED) is 0.281. The second-order valence-electron chi connectivity index (χ2n) is 11.4. The molecule has 0 aromatic heterocycles. The molecule has 0 bridgehead atoms. The molecule has 0 spiro atoms. The van der Waals surface area contributed by atoms with Gasteiger partial charge in [-0.1, -0.05) is 26.0 Å². The number of hydrogen-bond donors (Lipinski definition) is 1. The second kappa shape index (κ2) is 9.93. The van der Waals surface area contributed by atoms with E-state index in [-0.39, 0.29) is 42.0 Å². The van der Waals surface area contributed by atoms with Crippen LogP contribution in [0.3, 0.4) is 0 Å². The first kappa shape index (κ1) is 28.5. The summed E-state index contributed by atoms with van der Waals surface area (Å²) < 4.78 is 17.2. The first-order valence-corrected chi connectivity index (χ1v) is 13.1. The van der Waals surface area contributed by atoms with Gasteiger partial charge in [0.15, 0.2) is 5.76 Å². The predicted molar refractivity (Wildman–Crippen MR) is 142 cm³/mol. The van der Waals surface area contributed by atoms with Crippen LogP contribution in [0, 0.1) is 16.2 Å². The summed E-state index contributed by atoms with van der Waals surface area (Å²) in [4.78, 5) is 54.9. The summed E-state index contributed by atoms with van der Waals surface area (Å²) in [6.45, 7) is 14.9. The minimum absolute atomic E-state index is 0.00788. The van der Waals surface area contributed by atoms with E-state index >= 15 is 0 Å². The van der Waals surface area contributed by atoms with Crippen LogP contribution in [0.1, 0.15) is 47.0 Å². The van der Waals surface area contributed by atoms with E-state index in [2.05, 4.69) is 13.2 Å². The van der Waals surface area contributed by atoms with Gasteiger partial charge in [0, 0.05) is 68.1 Å². The number of esters is 2. The highest BCUT2D eigenvalue weighted by atomic mass is 16.6. The van der Waals surface area contributed by atoms with Gasteiger partial charge in [-0.25, -0.2) is 4.79 Å². The standard InChI is InChI=1S/C30H37NO8/c1-8-12-31(13-9-2)15-18-22-25(34)26(35)24-23(30(22,6)21(16-37-7)39-27(18)36)19(38-17(3)32)14-29(5)20(33)10-11-28(24,29)4/h8-9,15,19,21,34H,1-2,10-14,16H2,3-7H3/b18-15+/t19-,21-,28?,29-,30+/m1/s1. The molecule has 0 amide bonds. The fourth-order valence-corrected chi connectivity index (χ4v) is 7.09. The Labute approximate surface area is 228 Å². The van der Waals surface area contributed by atoms with E-state index in [9.17, 15) is 24.3 Å². The molecule has 5 atom stereocenters. The van der Waals surface area contributed by atoms with Gasteiger partial charge in [-0.15, -0.1) is 13.2 Å². The van der Waals surface area contributed by atoms with Crippen LogP contribution in [0.5, 0.6) is 0 Å². The van der Waals surface area contributed by atoms with Crippen LogP contribution in [0.2, 0.25) is 0 Å². The summed E-state index contributed by atoms with van der Waals surface area (Å²) in [7, 11) is 1.46. The normalized spacial score (nSPS) is 34.8. The Bertz CT molecular complexity index is 1250. The van der Waals surface area contributed by atoms with Crippen LogP contribution >= 0.6 is 0 Å². The fraction of sp³-hybridized carbons (Fsp3) is 0.533. The van der Waals surface area contributed by atoms with E-state index in [0.717, 1.165) is 0 Å². The van der Waals surface area contributed by atoms with E-state index in [1.54, 1.807) is 30.9 Å². The Morgan fingerprint density at radius 2 is 1.77 bits per heavy atom. The number of rotatable bonds is 8. The molecule has 0 aromatic rings. The SMILES string of the molecule is C=CCN(/C=C1/C(=O)O[C@H](COC)[C@@]2(C)C1=C(O)C(=O)C1=C2[C@H](OC(C)=O)C[C@]2(C)C(=O)CCC12C)CC=C. The molecule has 1 aliphatic heterocycles. The third-order valence-corrected chi connectivity index (χ3v) is 9.23. The van der Waals surface area contributed by atoms with Crippen molar-refractivity contribution in [1.29, 1.82) is 0 Å². The zero-order valence-electron chi connectivity index (χ0n) is 23.3. The summed E-state index contributed by atoms with van der Waals surface area (Å²) in [5.74, 6) is -2.57. The van der Waals surface area contributed by atoms with Crippen molar-refractivity contribution in [1.82, 2.24) is 4.90 Å². The van der Waals surface area contributed by atoms with Gasteiger partial charge in [-0.2, -0.15) is 0 Å². The van der Waals surface area contributed by atoms with Crippen molar-refractivity contribution in [2.75, 3.05) is 26.8 Å². The number of Topliss-reactive ketones (excluding diaryl/α,β-unsaturated/α-hetero) is 2. The second-order valence-corrected chi connectivity index (χ2v) is 11.4. The number of carbonyl (C=O) groups excluding carboxylic acids is 4. The van der Waals surface area contributed by atoms with Gasteiger partial charge in [0.2, 0.25) is 5.78 Å². The summed E-state index contributed by atoms with van der Waals surface area (Å²) >= 11 is 0. The number of nitrogens with zero attached hydrogens (tertiary/aromatic N) is 1. The molecular formula is C30H37NO8. The van der Waals surface area contributed by atoms with E-state index in [1.807, 2.05) is 6.92 Å². The number of ketones is 2. The lowest BCUT2D eigenvalue weighted by atomic mass is 9.48. The molecule has 2 fully saturated rings. The molecule has 9 nitrogen and oxygen atoms in total. The number of fused-ring (bicyclic) bond motifs is 4. The lowest BCUT2D eigenvalue weighted by Gasteiger charge is -2.56.